The summed E-state index contributed by atoms with van der Waals surface area (Å²) >= 11 is 0. The molecule has 2 fully saturated rings. The summed E-state index contributed by atoms with van der Waals surface area (Å²) in [6.07, 6.45) is 11.9. The van der Waals surface area contributed by atoms with Crippen LogP contribution in [0.4, 0.5) is 0 Å². The maximum atomic E-state index is 13.3. The molecule has 1 saturated carbocycles. The van der Waals surface area contributed by atoms with Gasteiger partial charge in [0.15, 0.2) is 0 Å². The molecule has 42 heavy (non-hydrogen) atoms. The molecular weight excluding hydrogens is 542 g/mol. The summed E-state index contributed by atoms with van der Waals surface area (Å²) in [4.78, 5) is 86.4. The van der Waals surface area contributed by atoms with Gasteiger partial charge in [-0.05, 0) is 38.0 Å². The van der Waals surface area contributed by atoms with Crippen LogP contribution in [0.1, 0.15) is 75.2 Å². The van der Waals surface area contributed by atoms with E-state index >= 15 is 0 Å². The minimum Gasteiger partial charge on any atom is -0.346 e. The van der Waals surface area contributed by atoms with E-state index in [2.05, 4.69) is 37.8 Å². The summed E-state index contributed by atoms with van der Waals surface area (Å²) in [5, 5.41) is 10.5. The Morgan fingerprint density at radius 3 is 2.45 bits per heavy atom. The van der Waals surface area contributed by atoms with Crippen LogP contribution in [0.15, 0.2) is 31.2 Å². The molecule has 13 nitrogen and oxygen atoms in total. The van der Waals surface area contributed by atoms with Gasteiger partial charge >= 0.3 is 0 Å². The minimum atomic E-state index is -1.02. The third kappa shape index (κ3) is 8.92. The second-order valence-electron chi connectivity index (χ2n) is 10.6. The first-order valence-corrected chi connectivity index (χ1v) is 14.6. The molecule has 3 rings (SSSR count). The zero-order valence-electron chi connectivity index (χ0n) is 24.1. The number of hydrogen-bond donors (Lipinski definition) is 4. The number of hydrogen-bond acceptors (Lipinski definition) is 8. The molecule has 5 amide bonds. The van der Waals surface area contributed by atoms with Gasteiger partial charge in [0.05, 0.1) is 18.8 Å². The van der Waals surface area contributed by atoms with E-state index in [1.54, 1.807) is 0 Å². The molecule has 1 aliphatic carbocycles. The van der Waals surface area contributed by atoms with Crippen molar-refractivity contribution in [3.63, 3.8) is 0 Å². The highest BCUT2D eigenvalue weighted by Gasteiger charge is 2.37. The van der Waals surface area contributed by atoms with Crippen molar-refractivity contribution in [2.24, 2.45) is 5.92 Å². The van der Waals surface area contributed by atoms with E-state index in [4.69, 9.17) is 0 Å². The molecule has 2 heterocycles. The Labute approximate surface area is 245 Å². The number of carbonyl (C=O) groups is 6. The van der Waals surface area contributed by atoms with Crippen LogP contribution in [0.5, 0.6) is 0 Å². The molecular formula is C29H41N7O6. The van der Waals surface area contributed by atoms with Crippen molar-refractivity contribution in [3.8, 4) is 0 Å². The Kier molecular flexibility index (Phi) is 12.6. The van der Waals surface area contributed by atoms with Gasteiger partial charge in [0, 0.05) is 25.5 Å². The van der Waals surface area contributed by atoms with Gasteiger partial charge < -0.3 is 26.2 Å². The second kappa shape index (κ2) is 16.3. The second-order valence-corrected chi connectivity index (χ2v) is 10.6. The Morgan fingerprint density at radius 1 is 1.02 bits per heavy atom. The van der Waals surface area contributed by atoms with Crippen LogP contribution < -0.4 is 21.3 Å². The normalized spacial score (nSPS) is 18.3. The summed E-state index contributed by atoms with van der Waals surface area (Å²) in [5.74, 6) is -3.63. The molecule has 4 N–H and O–H groups in total. The van der Waals surface area contributed by atoms with E-state index in [9.17, 15) is 28.8 Å². The lowest BCUT2D eigenvalue weighted by molar-refractivity contribution is -0.142. The Hall–Kier alpha value is -4.16. The predicted molar refractivity (Wildman–Crippen MR) is 153 cm³/mol. The van der Waals surface area contributed by atoms with Crippen LogP contribution in [0, 0.1) is 5.92 Å². The number of amides is 5. The van der Waals surface area contributed by atoms with Gasteiger partial charge in [-0.2, -0.15) is 0 Å². The summed E-state index contributed by atoms with van der Waals surface area (Å²) < 4.78 is 0. The smallest absolute Gasteiger partial charge is 0.289 e. The molecule has 1 aromatic heterocycles. The van der Waals surface area contributed by atoms with Crippen LogP contribution in [-0.2, 0) is 24.0 Å². The highest BCUT2D eigenvalue weighted by molar-refractivity contribution is 6.38. The topological polar surface area (TPSA) is 180 Å². The third-order valence-electron chi connectivity index (χ3n) is 7.62. The van der Waals surface area contributed by atoms with Gasteiger partial charge in [-0.15, -0.1) is 6.58 Å². The van der Waals surface area contributed by atoms with Crippen molar-refractivity contribution in [3.05, 3.63) is 36.9 Å². The van der Waals surface area contributed by atoms with Gasteiger partial charge in [0.1, 0.15) is 17.8 Å². The first kappa shape index (κ1) is 32.4. The molecule has 0 radical (unpaired) electrons. The molecule has 13 heteroatoms. The lowest BCUT2D eigenvalue weighted by Crippen LogP contribution is -2.55. The molecule has 3 atom stereocenters. The molecule has 1 aliphatic heterocycles. The van der Waals surface area contributed by atoms with E-state index in [0.717, 1.165) is 32.1 Å². The fourth-order valence-corrected chi connectivity index (χ4v) is 5.44. The molecule has 0 bridgehead atoms. The van der Waals surface area contributed by atoms with Crippen molar-refractivity contribution in [1.82, 2.24) is 36.1 Å². The molecule has 228 valence electrons. The number of nitrogens with zero attached hydrogens (tertiary/aromatic N) is 3. The van der Waals surface area contributed by atoms with Gasteiger partial charge in [0.2, 0.25) is 23.5 Å². The van der Waals surface area contributed by atoms with Gasteiger partial charge in [-0.1, -0.05) is 38.7 Å². The van der Waals surface area contributed by atoms with Crippen LogP contribution in [0.2, 0.25) is 0 Å². The largest absolute Gasteiger partial charge is 0.346 e. The quantitative estimate of drug-likeness (QED) is 0.180. The van der Waals surface area contributed by atoms with Gasteiger partial charge in [0.25, 0.3) is 11.8 Å². The molecule has 0 aromatic carbocycles. The van der Waals surface area contributed by atoms with E-state index in [0.29, 0.717) is 25.8 Å². The monoisotopic (exact) mass is 583 g/mol. The molecule has 3 unspecified atom stereocenters. The average molecular weight is 584 g/mol. The SMILES string of the molecule is C=CCNC(=O)C(=O)C(CCC)NC(=O)C1CCCN1C(=O)CNC(=O)C(NC(=O)c1cnccn1)C1CCCCC1. The standard InChI is InChI=1S/C29H41N7O6/c1-3-9-20(25(38)29(42)32-13-4-2)34-27(40)22-12-8-16-36(22)23(37)18-33-28(41)24(19-10-6-5-7-11-19)35-26(39)21-17-30-14-15-31-21/h4,14-15,17,19-20,22,24H,2-3,5-13,16,18H2,1H3,(H,32,42)(H,33,41)(H,34,40)(H,35,39). The van der Waals surface area contributed by atoms with E-state index in [1.807, 2.05) is 6.92 Å². The maximum Gasteiger partial charge on any atom is 0.289 e. The van der Waals surface area contributed by atoms with E-state index in [-0.39, 0.29) is 31.1 Å². The molecule has 0 spiro atoms. The summed E-state index contributed by atoms with van der Waals surface area (Å²) in [6.45, 7) is 5.42. The van der Waals surface area contributed by atoms with Crippen molar-refractivity contribution >= 4 is 35.3 Å². The van der Waals surface area contributed by atoms with Crippen LogP contribution in [0.3, 0.4) is 0 Å². The van der Waals surface area contributed by atoms with Crippen LogP contribution in [0.25, 0.3) is 0 Å². The highest BCUT2D eigenvalue weighted by atomic mass is 16.2. The van der Waals surface area contributed by atoms with E-state index in [1.165, 1.54) is 29.6 Å². The lowest BCUT2D eigenvalue weighted by atomic mass is 9.83. The zero-order chi connectivity index (χ0) is 30.5. The fraction of sp³-hybridized carbons (Fsp3) is 0.586. The molecule has 1 saturated heterocycles. The number of rotatable bonds is 14. The maximum absolute atomic E-state index is 13.3. The number of ketones is 1. The van der Waals surface area contributed by atoms with Crippen molar-refractivity contribution in [2.45, 2.75) is 82.8 Å². The molecule has 2 aliphatic rings. The number of carbonyl (C=O) groups excluding carboxylic acids is 6. The predicted octanol–water partition coefficient (Wildman–Crippen LogP) is 0.419. The number of nitrogens with one attached hydrogen (secondary N) is 4. The Balaban J connectivity index is 1.61. The Bertz CT molecular complexity index is 1140. The van der Waals surface area contributed by atoms with Crippen molar-refractivity contribution in [2.75, 3.05) is 19.6 Å². The van der Waals surface area contributed by atoms with Crippen molar-refractivity contribution in [1.29, 1.82) is 0 Å². The molecule has 1 aromatic rings. The zero-order valence-corrected chi connectivity index (χ0v) is 24.1. The van der Waals surface area contributed by atoms with Crippen LogP contribution in [-0.4, -0.2) is 87.9 Å². The van der Waals surface area contributed by atoms with Crippen LogP contribution >= 0.6 is 0 Å². The highest BCUT2D eigenvalue weighted by Crippen LogP contribution is 2.27. The summed E-state index contributed by atoms with van der Waals surface area (Å²) in [5.41, 5.74) is 0.0890. The number of Topliss-reactive ketones (excluding diaryl/α,β-unsaturated/α-hetero) is 1. The average Bonchev–Trinajstić information content (AvgIpc) is 3.52. The number of aromatic nitrogens is 2. The van der Waals surface area contributed by atoms with Crippen molar-refractivity contribution < 1.29 is 28.8 Å². The number of likely N-dealkylation sites (tertiary alicyclic amines) is 1. The Morgan fingerprint density at radius 2 is 1.79 bits per heavy atom. The van der Waals surface area contributed by atoms with Gasteiger partial charge in [-0.3, -0.25) is 33.8 Å². The first-order valence-electron chi connectivity index (χ1n) is 14.6. The van der Waals surface area contributed by atoms with Gasteiger partial charge in [-0.25, -0.2) is 4.98 Å². The minimum absolute atomic E-state index is 0.0866. The summed E-state index contributed by atoms with van der Waals surface area (Å²) in [7, 11) is 0. The lowest BCUT2D eigenvalue weighted by Gasteiger charge is -2.30. The van der Waals surface area contributed by atoms with E-state index < -0.39 is 53.4 Å². The first-order chi connectivity index (χ1) is 20.3. The summed E-state index contributed by atoms with van der Waals surface area (Å²) in [6, 6.07) is -2.69. The fourth-order valence-electron chi connectivity index (χ4n) is 5.44. The third-order valence-corrected chi connectivity index (χ3v) is 7.62.